The summed E-state index contributed by atoms with van der Waals surface area (Å²) < 4.78 is 4.81. The summed E-state index contributed by atoms with van der Waals surface area (Å²) in [6.45, 7) is 4.97. The molecule has 0 unspecified atom stereocenters. The van der Waals surface area contributed by atoms with Crippen molar-refractivity contribution in [2.24, 2.45) is 0 Å². The Kier molecular flexibility index (Phi) is 6.54. The molecule has 0 atom stereocenters. The molecule has 0 saturated heterocycles. The van der Waals surface area contributed by atoms with E-state index in [2.05, 4.69) is 27.5 Å². The molecule has 0 amide bonds. The first-order valence-electron chi connectivity index (χ1n) is 8.18. The molecule has 0 fully saturated rings. The Hall–Kier alpha value is -2.63. The molecule has 1 aromatic heterocycles. The fourth-order valence-electron chi connectivity index (χ4n) is 2.31. The fraction of sp³-hybridized carbons (Fsp3) is 0.389. The maximum absolute atomic E-state index is 11.8. The molecule has 6 nitrogen and oxygen atoms in total. The molecule has 1 aromatic carbocycles. The number of unbranched alkanes of at least 4 members (excludes halogenated alkanes) is 2. The number of rotatable bonds is 8. The summed E-state index contributed by atoms with van der Waals surface area (Å²) in [5, 5.41) is 6.42. The van der Waals surface area contributed by atoms with Gasteiger partial charge in [-0.3, -0.25) is 0 Å². The van der Waals surface area contributed by atoms with Crippen molar-refractivity contribution in [3.05, 3.63) is 41.6 Å². The topological polar surface area (TPSA) is 76.1 Å². The van der Waals surface area contributed by atoms with Crippen LogP contribution >= 0.6 is 0 Å². The Morgan fingerprint density at radius 1 is 1.21 bits per heavy atom. The SMILES string of the molecule is CCCCCNc1cc(C)nc(Nc2ccccc2C(=O)OC)n1. The predicted octanol–water partition coefficient (Wildman–Crippen LogP) is 3.92. The van der Waals surface area contributed by atoms with Gasteiger partial charge in [0.25, 0.3) is 0 Å². The van der Waals surface area contributed by atoms with E-state index in [-0.39, 0.29) is 0 Å². The third-order valence-corrected chi connectivity index (χ3v) is 3.52. The number of hydrogen-bond acceptors (Lipinski definition) is 6. The predicted molar refractivity (Wildman–Crippen MR) is 95.8 cm³/mol. The smallest absolute Gasteiger partial charge is 0.339 e. The van der Waals surface area contributed by atoms with Gasteiger partial charge >= 0.3 is 5.97 Å². The third kappa shape index (κ3) is 4.94. The van der Waals surface area contributed by atoms with E-state index in [0.717, 1.165) is 24.5 Å². The number of benzene rings is 1. The molecular weight excluding hydrogens is 304 g/mol. The Balaban J connectivity index is 2.15. The van der Waals surface area contributed by atoms with Gasteiger partial charge in [-0.25, -0.2) is 9.78 Å². The van der Waals surface area contributed by atoms with Gasteiger partial charge in [-0.05, 0) is 25.5 Å². The van der Waals surface area contributed by atoms with Crippen LogP contribution in [-0.2, 0) is 4.74 Å². The van der Waals surface area contributed by atoms with Crippen LogP contribution in [0, 0.1) is 6.92 Å². The first-order valence-corrected chi connectivity index (χ1v) is 8.18. The highest BCUT2D eigenvalue weighted by Crippen LogP contribution is 2.20. The van der Waals surface area contributed by atoms with Crippen molar-refractivity contribution in [2.75, 3.05) is 24.3 Å². The number of ether oxygens (including phenoxy) is 1. The first kappa shape index (κ1) is 17.7. The first-order chi connectivity index (χ1) is 11.6. The van der Waals surface area contributed by atoms with Crippen LogP contribution < -0.4 is 10.6 Å². The van der Waals surface area contributed by atoms with Crippen molar-refractivity contribution in [1.29, 1.82) is 0 Å². The van der Waals surface area contributed by atoms with Gasteiger partial charge in [-0.2, -0.15) is 4.98 Å². The van der Waals surface area contributed by atoms with E-state index in [1.54, 1.807) is 18.2 Å². The van der Waals surface area contributed by atoms with Gasteiger partial charge in [0, 0.05) is 18.3 Å². The Bertz CT molecular complexity index is 688. The molecule has 128 valence electrons. The van der Waals surface area contributed by atoms with Gasteiger partial charge in [0.05, 0.1) is 18.4 Å². The summed E-state index contributed by atoms with van der Waals surface area (Å²) in [4.78, 5) is 20.7. The molecule has 0 bridgehead atoms. The second kappa shape index (κ2) is 8.86. The van der Waals surface area contributed by atoms with Crippen molar-refractivity contribution in [2.45, 2.75) is 33.1 Å². The van der Waals surface area contributed by atoms with Crippen molar-refractivity contribution in [3.63, 3.8) is 0 Å². The Labute approximate surface area is 142 Å². The molecule has 0 spiro atoms. The highest BCUT2D eigenvalue weighted by Gasteiger charge is 2.12. The van der Waals surface area contributed by atoms with E-state index in [9.17, 15) is 4.79 Å². The van der Waals surface area contributed by atoms with E-state index < -0.39 is 5.97 Å². The largest absolute Gasteiger partial charge is 0.465 e. The van der Waals surface area contributed by atoms with Gasteiger partial charge in [0.15, 0.2) is 0 Å². The summed E-state index contributed by atoms with van der Waals surface area (Å²) in [5.74, 6) is 0.824. The molecule has 2 aromatic rings. The summed E-state index contributed by atoms with van der Waals surface area (Å²) in [6, 6.07) is 9.03. The average Bonchev–Trinajstić information content (AvgIpc) is 2.58. The van der Waals surface area contributed by atoms with Crippen LogP contribution in [0.5, 0.6) is 0 Å². The molecule has 0 aliphatic carbocycles. The summed E-state index contributed by atoms with van der Waals surface area (Å²) in [7, 11) is 1.36. The molecule has 0 aliphatic rings. The van der Waals surface area contributed by atoms with Crippen LogP contribution in [0.2, 0.25) is 0 Å². The minimum Gasteiger partial charge on any atom is -0.465 e. The highest BCUT2D eigenvalue weighted by atomic mass is 16.5. The number of methoxy groups -OCH3 is 1. The number of anilines is 3. The number of nitrogens with zero attached hydrogens (tertiary/aromatic N) is 2. The van der Waals surface area contributed by atoms with Crippen molar-refractivity contribution < 1.29 is 9.53 Å². The van der Waals surface area contributed by atoms with Crippen LogP contribution in [0.15, 0.2) is 30.3 Å². The van der Waals surface area contributed by atoms with Gasteiger partial charge < -0.3 is 15.4 Å². The number of aryl methyl sites for hydroxylation is 1. The second-order valence-corrected chi connectivity index (χ2v) is 5.51. The van der Waals surface area contributed by atoms with Crippen molar-refractivity contribution >= 4 is 23.4 Å². The van der Waals surface area contributed by atoms with Crippen LogP contribution in [0.4, 0.5) is 17.5 Å². The van der Waals surface area contributed by atoms with Gasteiger partial charge in [0.1, 0.15) is 5.82 Å². The molecule has 2 rings (SSSR count). The molecule has 0 radical (unpaired) electrons. The van der Waals surface area contributed by atoms with E-state index in [1.165, 1.54) is 20.0 Å². The second-order valence-electron chi connectivity index (χ2n) is 5.51. The van der Waals surface area contributed by atoms with Crippen molar-refractivity contribution in [1.82, 2.24) is 9.97 Å². The molecule has 1 heterocycles. The Morgan fingerprint density at radius 3 is 2.75 bits per heavy atom. The lowest BCUT2D eigenvalue weighted by atomic mass is 10.2. The number of hydrogen-bond donors (Lipinski definition) is 2. The summed E-state index contributed by atoms with van der Waals surface area (Å²) >= 11 is 0. The standard InChI is InChI=1S/C18H24N4O2/c1-4-5-8-11-19-16-12-13(2)20-18(22-16)21-15-10-7-6-9-14(15)17(23)24-3/h6-7,9-10,12H,4-5,8,11H2,1-3H3,(H2,19,20,21,22). The van der Waals surface area contributed by atoms with E-state index in [4.69, 9.17) is 4.74 Å². The third-order valence-electron chi connectivity index (χ3n) is 3.52. The maximum atomic E-state index is 11.8. The lowest BCUT2D eigenvalue weighted by Gasteiger charge is -2.12. The lowest BCUT2D eigenvalue weighted by Crippen LogP contribution is -2.09. The van der Waals surface area contributed by atoms with Crippen LogP contribution in [0.3, 0.4) is 0 Å². The lowest BCUT2D eigenvalue weighted by molar-refractivity contribution is 0.0602. The zero-order chi connectivity index (χ0) is 17.4. The van der Waals surface area contributed by atoms with E-state index in [1.807, 2.05) is 19.1 Å². The molecule has 24 heavy (non-hydrogen) atoms. The van der Waals surface area contributed by atoms with E-state index in [0.29, 0.717) is 17.2 Å². The average molecular weight is 328 g/mol. The monoisotopic (exact) mass is 328 g/mol. The van der Waals surface area contributed by atoms with Crippen molar-refractivity contribution in [3.8, 4) is 0 Å². The maximum Gasteiger partial charge on any atom is 0.339 e. The number of esters is 1. The number of carbonyl (C=O) groups excluding carboxylic acids is 1. The number of para-hydroxylation sites is 1. The minimum atomic E-state index is -0.399. The van der Waals surface area contributed by atoms with Gasteiger partial charge in [-0.1, -0.05) is 31.9 Å². The molecule has 0 saturated carbocycles. The van der Waals surface area contributed by atoms with Gasteiger partial charge in [-0.15, -0.1) is 0 Å². The fourth-order valence-corrected chi connectivity index (χ4v) is 2.31. The number of nitrogens with one attached hydrogen (secondary N) is 2. The van der Waals surface area contributed by atoms with Crippen LogP contribution in [-0.4, -0.2) is 29.6 Å². The minimum absolute atomic E-state index is 0.399. The summed E-state index contributed by atoms with van der Waals surface area (Å²) in [6.07, 6.45) is 3.48. The molecule has 2 N–H and O–H groups in total. The Morgan fingerprint density at radius 2 is 2.00 bits per heavy atom. The normalized spacial score (nSPS) is 10.3. The number of carbonyl (C=O) groups is 1. The highest BCUT2D eigenvalue weighted by molar-refractivity contribution is 5.96. The quantitative estimate of drug-likeness (QED) is 0.565. The zero-order valence-corrected chi connectivity index (χ0v) is 14.4. The zero-order valence-electron chi connectivity index (χ0n) is 14.4. The van der Waals surface area contributed by atoms with Crippen LogP contribution in [0.1, 0.15) is 42.2 Å². The van der Waals surface area contributed by atoms with E-state index >= 15 is 0 Å². The van der Waals surface area contributed by atoms with Gasteiger partial charge in [0.2, 0.25) is 5.95 Å². The summed E-state index contributed by atoms with van der Waals surface area (Å²) in [5.41, 5.74) is 1.91. The van der Waals surface area contributed by atoms with Crippen LogP contribution in [0.25, 0.3) is 0 Å². The molecule has 0 aliphatic heterocycles. The number of aromatic nitrogens is 2. The molecule has 6 heteroatoms. The molecular formula is C18H24N4O2.